The average molecular weight is 490 g/mol. The Morgan fingerprint density at radius 3 is 1.17 bits per heavy atom. The minimum Gasteiger partial charge on any atom is -0.337 e. The summed E-state index contributed by atoms with van der Waals surface area (Å²) in [5.41, 5.74) is 7.42. The van der Waals surface area contributed by atoms with Gasteiger partial charge in [-0.15, -0.1) is 0 Å². The summed E-state index contributed by atoms with van der Waals surface area (Å²) in [4.78, 5) is 17.4. The second-order valence-electron chi connectivity index (χ2n) is 7.18. The van der Waals surface area contributed by atoms with Gasteiger partial charge in [-0.05, 0) is 69.2 Å². The third-order valence-electron chi connectivity index (χ3n) is 4.74. The van der Waals surface area contributed by atoms with E-state index in [9.17, 15) is 8.78 Å². The van der Waals surface area contributed by atoms with Gasteiger partial charge in [0.15, 0.2) is 23.3 Å². The number of benzene rings is 2. The Balaban J connectivity index is 1.33. The van der Waals surface area contributed by atoms with Crippen LogP contribution in [-0.4, -0.2) is 40.6 Å². The lowest BCUT2D eigenvalue weighted by Gasteiger charge is -2.15. The van der Waals surface area contributed by atoms with Crippen molar-refractivity contribution in [1.82, 2.24) is 40.6 Å². The number of hydrogen-bond donors (Lipinski definition) is 4. The number of rotatable bonds is 7. The van der Waals surface area contributed by atoms with E-state index < -0.39 is 0 Å². The number of hydrazine groups is 1. The second kappa shape index (κ2) is 8.67. The molecule has 4 aromatic heterocycles. The van der Waals surface area contributed by atoms with Crippen molar-refractivity contribution in [2.24, 2.45) is 0 Å². The quantitative estimate of drug-likeness (QED) is 0.239. The number of halogens is 2. The third kappa shape index (κ3) is 4.20. The van der Waals surface area contributed by atoms with Crippen molar-refractivity contribution >= 4 is 57.2 Å². The van der Waals surface area contributed by atoms with Crippen LogP contribution in [0.1, 0.15) is 0 Å². The zero-order valence-corrected chi connectivity index (χ0v) is 17.8. The van der Waals surface area contributed by atoms with Gasteiger partial charge in [-0.1, -0.05) is 0 Å². The van der Waals surface area contributed by atoms with Crippen LogP contribution in [0.25, 0.3) is 22.6 Å². The Morgan fingerprint density at radius 2 is 0.806 bits per heavy atom. The van der Waals surface area contributed by atoms with E-state index in [1.165, 1.54) is 48.5 Å². The maximum Gasteiger partial charge on any atom is 0.245 e. The molecule has 6 aromatic rings. The third-order valence-corrected chi connectivity index (χ3v) is 4.74. The molecular formula is C20H12F2N12O2. The summed E-state index contributed by atoms with van der Waals surface area (Å²) in [5, 5.41) is 20.9. The molecule has 0 bridgehead atoms. The molecular weight excluding hydrogens is 478 g/mol. The second-order valence-corrected chi connectivity index (χ2v) is 7.18. The van der Waals surface area contributed by atoms with Crippen LogP contribution >= 0.6 is 0 Å². The fourth-order valence-corrected chi connectivity index (χ4v) is 3.08. The van der Waals surface area contributed by atoms with Gasteiger partial charge < -0.3 is 10.6 Å². The summed E-state index contributed by atoms with van der Waals surface area (Å²) in [6.07, 6.45) is 0. The molecule has 14 nitrogen and oxygen atoms in total. The summed E-state index contributed by atoms with van der Waals surface area (Å²) in [6.45, 7) is 0. The summed E-state index contributed by atoms with van der Waals surface area (Å²) in [6, 6.07) is 11.3. The van der Waals surface area contributed by atoms with Gasteiger partial charge in [0.2, 0.25) is 22.6 Å². The predicted molar refractivity (Wildman–Crippen MR) is 121 cm³/mol. The van der Waals surface area contributed by atoms with Crippen LogP contribution < -0.4 is 21.5 Å². The standard InChI is InChI=1S/C20H12F2N12O2/c21-9-1-5-11(6-2-9)23-13-15(27-19-17(25-13)31-35-33-19)29-30-16-14(24-12-7-3-10(22)4-8-12)26-18-20(28-16)34-36-32-18/h1-8H,(H,23,25,31)(H,24,26,32)(H,27,29,33)(H,28,30,34). The van der Waals surface area contributed by atoms with Gasteiger partial charge in [-0.3, -0.25) is 10.9 Å². The molecule has 0 saturated heterocycles. The van der Waals surface area contributed by atoms with E-state index in [2.05, 4.69) is 62.0 Å². The zero-order valence-electron chi connectivity index (χ0n) is 17.8. The molecule has 4 heterocycles. The van der Waals surface area contributed by atoms with Crippen molar-refractivity contribution < 1.29 is 18.0 Å². The summed E-state index contributed by atoms with van der Waals surface area (Å²) >= 11 is 0. The fraction of sp³-hybridized carbons (Fsp3) is 0. The lowest BCUT2D eigenvalue weighted by molar-refractivity contribution is 0.314. The summed E-state index contributed by atoms with van der Waals surface area (Å²) in [5.74, 6) is 0.0245. The highest BCUT2D eigenvalue weighted by molar-refractivity contribution is 5.80. The maximum absolute atomic E-state index is 13.3. The lowest BCUT2D eigenvalue weighted by Crippen LogP contribution is -2.16. The monoisotopic (exact) mass is 490 g/mol. The van der Waals surface area contributed by atoms with Gasteiger partial charge in [-0.2, -0.15) is 9.97 Å². The molecule has 0 aliphatic heterocycles. The van der Waals surface area contributed by atoms with E-state index in [0.717, 1.165) is 0 Å². The molecule has 0 aliphatic rings. The Morgan fingerprint density at radius 1 is 0.472 bits per heavy atom. The van der Waals surface area contributed by atoms with E-state index in [4.69, 9.17) is 9.26 Å². The highest BCUT2D eigenvalue weighted by Gasteiger charge is 2.17. The average Bonchev–Trinajstić information content (AvgIpc) is 3.53. The number of fused-ring (bicyclic) bond motifs is 2. The van der Waals surface area contributed by atoms with Gasteiger partial charge in [0.05, 0.1) is 0 Å². The number of hydrogen-bond acceptors (Lipinski definition) is 14. The van der Waals surface area contributed by atoms with E-state index in [1.807, 2.05) is 0 Å². The Kier molecular flexibility index (Phi) is 5.06. The Hall–Kier alpha value is -5.54. The van der Waals surface area contributed by atoms with Crippen LogP contribution in [0, 0.1) is 11.6 Å². The Bertz CT molecular complexity index is 1550. The van der Waals surface area contributed by atoms with Gasteiger partial charge in [0.1, 0.15) is 11.6 Å². The smallest absolute Gasteiger partial charge is 0.245 e. The largest absolute Gasteiger partial charge is 0.337 e. The molecule has 178 valence electrons. The molecule has 0 spiro atoms. The van der Waals surface area contributed by atoms with Gasteiger partial charge >= 0.3 is 0 Å². The molecule has 0 amide bonds. The molecule has 2 aromatic carbocycles. The highest BCUT2D eigenvalue weighted by Crippen LogP contribution is 2.27. The van der Waals surface area contributed by atoms with E-state index in [-0.39, 0.29) is 57.5 Å². The highest BCUT2D eigenvalue weighted by atomic mass is 19.1. The molecule has 16 heteroatoms. The molecule has 0 atom stereocenters. The lowest BCUT2D eigenvalue weighted by atomic mass is 10.3. The molecule has 0 radical (unpaired) electrons. The van der Waals surface area contributed by atoms with Crippen LogP contribution in [0.2, 0.25) is 0 Å². The van der Waals surface area contributed by atoms with Crippen LogP contribution in [0.4, 0.5) is 43.4 Å². The minimum absolute atomic E-state index is 0.135. The van der Waals surface area contributed by atoms with Crippen molar-refractivity contribution in [2.75, 3.05) is 21.5 Å². The van der Waals surface area contributed by atoms with Gasteiger partial charge in [0.25, 0.3) is 0 Å². The van der Waals surface area contributed by atoms with Crippen molar-refractivity contribution in [2.45, 2.75) is 0 Å². The van der Waals surface area contributed by atoms with Crippen molar-refractivity contribution in [3.8, 4) is 0 Å². The minimum atomic E-state index is -0.389. The first-order chi connectivity index (χ1) is 17.6. The molecule has 4 N–H and O–H groups in total. The van der Waals surface area contributed by atoms with Gasteiger partial charge in [-0.25, -0.2) is 28.0 Å². The van der Waals surface area contributed by atoms with E-state index in [1.54, 1.807) is 0 Å². The van der Waals surface area contributed by atoms with Crippen LogP contribution in [-0.2, 0) is 0 Å². The number of anilines is 6. The predicted octanol–water partition coefficient (Wildman–Crippen LogP) is 3.54. The first-order valence-corrected chi connectivity index (χ1v) is 10.2. The summed E-state index contributed by atoms with van der Waals surface area (Å²) in [7, 11) is 0. The number of aromatic nitrogens is 8. The normalized spacial score (nSPS) is 11.1. The number of nitrogens with zero attached hydrogens (tertiary/aromatic N) is 8. The molecule has 0 saturated carbocycles. The van der Waals surface area contributed by atoms with Crippen LogP contribution in [0.3, 0.4) is 0 Å². The zero-order chi connectivity index (χ0) is 24.5. The number of nitrogens with one attached hydrogen (secondary N) is 4. The molecule has 36 heavy (non-hydrogen) atoms. The van der Waals surface area contributed by atoms with Gasteiger partial charge in [0, 0.05) is 11.4 Å². The van der Waals surface area contributed by atoms with Crippen LogP contribution in [0.5, 0.6) is 0 Å². The van der Waals surface area contributed by atoms with E-state index >= 15 is 0 Å². The first kappa shape index (κ1) is 21.0. The van der Waals surface area contributed by atoms with Crippen molar-refractivity contribution in [1.29, 1.82) is 0 Å². The van der Waals surface area contributed by atoms with Crippen molar-refractivity contribution in [3.63, 3.8) is 0 Å². The molecule has 6 rings (SSSR count). The maximum atomic E-state index is 13.3. The van der Waals surface area contributed by atoms with Crippen molar-refractivity contribution in [3.05, 3.63) is 60.2 Å². The Labute approximate surface area is 198 Å². The van der Waals surface area contributed by atoms with Crippen LogP contribution in [0.15, 0.2) is 57.8 Å². The summed E-state index contributed by atoms with van der Waals surface area (Å²) < 4.78 is 36.0. The fourth-order valence-electron chi connectivity index (χ4n) is 3.08. The SMILES string of the molecule is Fc1ccc(Nc2nc3nonc3nc2NNc2nc3nonc3nc2Nc2ccc(F)cc2)cc1. The van der Waals surface area contributed by atoms with E-state index in [0.29, 0.717) is 11.4 Å². The topological polar surface area (TPSA) is 178 Å². The molecule has 0 fully saturated rings. The molecule has 0 unspecified atom stereocenters. The first-order valence-electron chi connectivity index (χ1n) is 10.2. The molecule has 0 aliphatic carbocycles.